The molecule has 0 radical (unpaired) electrons. The molecule has 0 N–H and O–H groups in total. The smallest absolute Gasteiger partial charge is 0.0533 e. The molecule has 0 amide bonds. The van der Waals surface area contributed by atoms with Gasteiger partial charge < -0.3 is 8.42 Å². The molecule has 0 aromatic heterocycles. The van der Waals surface area contributed by atoms with Crippen molar-refractivity contribution in [2.45, 2.75) is 19.3 Å². The molecule has 0 unspecified atom stereocenters. The van der Waals surface area contributed by atoms with E-state index in [1.807, 2.05) is 0 Å². The van der Waals surface area contributed by atoms with Crippen molar-refractivity contribution in [3.05, 3.63) is 0 Å². The molecule has 1 aliphatic rings. The van der Waals surface area contributed by atoms with Gasteiger partial charge in [0.25, 0.3) is 0 Å². The average Bonchev–Trinajstić information content (AvgIpc) is 2.11. The highest BCUT2D eigenvalue weighted by Crippen LogP contribution is 2.14. The van der Waals surface area contributed by atoms with Crippen LogP contribution in [0.2, 0.25) is 0 Å². The van der Waals surface area contributed by atoms with E-state index in [-0.39, 0.29) is 0 Å². The third-order valence-electron chi connectivity index (χ3n) is 0.354. The second kappa shape index (κ2) is 4.95. The Morgan fingerprint density at radius 1 is 1.00 bits per heavy atom. The Balaban J connectivity index is 0.0000000833. The van der Waals surface area contributed by atoms with E-state index in [0.29, 0.717) is 0 Å². The maximum atomic E-state index is 8.35. The van der Waals surface area contributed by atoms with Gasteiger partial charge in [-0.15, -0.1) is 0 Å². The first kappa shape index (κ1) is 5.95. The fourth-order valence-electron chi connectivity index (χ4n) is 0. The molecule has 1 saturated carbocycles. The lowest BCUT2D eigenvalue weighted by Crippen LogP contribution is -1.06. The average molecular weight is 107 g/mol. The van der Waals surface area contributed by atoms with Crippen LogP contribution in [0.15, 0.2) is 0 Å². The van der Waals surface area contributed by atoms with Gasteiger partial charge in [0.15, 0.2) is 0 Å². The Morgan fingerprint density at radius 2 is 1.17 bits per heavy atom. The summed E-state index contributed by atoms with van der Waals surface area (Å²) in [5.41, 5.74) is 0. The first-order valence-corrected chi connectivity index (χ1v) is 2.60. The summed E-state index contributed by atoms with van der Waals surface area (Å²) >= 11 is -1.08. The Bertz CT molecular complexity index is 51.1. The summed E-state index contributed by atoms with van der Waals surface area (Å²) < 4.78 is 16.7. The van der Waals surface area contributed by atoms with Gasteiger partial charge in [0.1, 0.15) is 0 Å². The Kier molecular flexibility index (Phi) is 4.91. The van der Waals surface area contributed by atoms with E-state index in [1.165, 1.54) is 19.3 Å². The summed E-state index contributed by atoms with van der Waals surface area (Å²) in [7, 11) is 0. The SMILES string of the molecule is C1CC1.O=[SH-]=O. The first-order valence-electron chi connectivity index (χ1n) is 1.87. The van der Waals surface area contributed by atoms with Crippen LogP contribution in [-0.2, 0) is 20.0 Å². The number of hydrogen-bond acceptors (Lipinski definition) is 3. The fourth-order valence-corrected chi connectivity index (χ4v) is 0. The van der Waals surface area contributed by atoms with Crippen LogP contribution in [0, 0.1) is 0 Å². The summed E-state index contributed by atoms with van der Waals surface area (Å²) in [4.78, 5) is 0. The predicted octanol–water partition coefficient (Wildman–Crippen LogP) is 0.663. The van der Waals surface area contributed by atoms with Crippen molar-refractivity contribution in [2.75, 3.05) is 0 Å². The van der Waals surface area contributed by atoms with Crippen LogP contribution in [-0.4, -0.2) is 0 Å². The lowest BCUT2D eigenvalue weighted by Gasteiger charge is -1.27. The van der Waals surface area contributed by atoms with Crippen molar-refractivity contribution in [3.8, 4) is 0 Å². The van der Waals surface area contributed by atoms with E-state index in [4.69, 9.17) is 8.42 Å². The van der Waals surface area contributed by atoms with Crippen molar-refractivity contribution in [1.82, 2.24) is 0 Å². The minimum atomic E-state index is -1.08. The monoisotopic (exact) mass is 107 g/mol. The minimum absolute atomic E-state index is 1.08. The van der Waals surface area contributed by atoms with E-state index in [0.717, 1.165) is 0 Å². The molecule has 6 heavy (non-hydrogen) atoms. The summed E-state index contributed by atoms with van der Waals surface area (Å²) in [6.07, 6.45) is 4.50. The van der Waals surface area contributed by atoms with Crippen LogP contribution in [0.25, 0.3) is 0 Å². The molecule has 0 spiro atoms. The van der Waals surface area contributed by atoms with Crippen molar-refractivity contribution < 1.29 is 8.42 Å². The van der Waals surface area contributed by atoms with Crippen LogP contribution < -0.4 is 0 Å². The first-order chi connectivity index (χ1) is 2.91. The third-order valence-corrected chi connectivity index (χ3v) is 0.354. The van der Waals surface area contributed by atoms with Crippen molar-refractivity contribution >= 4 is 11.6 Å². The molecule has 0 saturated heterocycles. The van der Waals surface area contributed by atoms with E-state index in [1.54, 1.807) is 0 Å². The van der Waals surface area contributed by atoms with Gasteiger partial charge in [-0.05, 0) is 0 Å². The Hall–Kier alpha value is -0.0500. The van der Waals surface area contributed by atoms with E-state index in [9.17, 15) is 0 Å². The van der Waals surface area contributed by atoms with Crippen LogP contribution in [0.4, 0.5) is 0 Å². The zero-order chi connectivity index (χ0) is 4.83. The van der Waals surface area contributed by atoms with Crippen LogP contribution in [0.5, 0.6) is 0 Å². The molecule has 1 aliphatic carbocycles. The van der Waals surface area contributed by atoms with E-state index < -0.39 is 11.6 Å². The van der Waals surface area contributed by atoms with E-state index >= 15 is 0 Å². The lowest BCUT2D eigenvalue weighted by molar-refractivity contribution is 0.541. The van der Waals surface area contributed by atoms with Crippen LogP contribution in [0.3, 0.4) is 0 Å². The molecule has 0 aliphatic heterocycles. The van der Waals surface area contributed by atoms with Gasteiger partial charge in [0.05, 0.1) is 0 Å². The highest BCUT2D eigenvalue weighted by Gasteiger charge is 1.95. The van der Waals surface area contributed by atoms with Gasteiger partial charge in [-0.1, -0.05) is 30.8 Å². The molecule has 2 nitrogen and oxygen atoms in total. The van der Waals surface area contributed by atoms with Crippen LogP contribution in [0.1, 0.15) is 19.3 Å². The highest BCUT2D eigenvalue weighted by molar-refractivity contribution is 7.51. The minimum Gasteiger partial charge on any atom is -0.427 e. The molecular formula is C3H7O2S-. The van der Waals surface area contributed by atoms with Gasteiger partial charge in [0, 0.05) is 0 Å². The Labute approximate surface area is 40.2 Å². The highest BCUT2D eigenvalue weighted by atomic mass is 32.1. The number of rotatable bonds is 0. The molecule has 0 atom stereocenters. The number of hydrogen-bond donors (Lipinski definition) is 0. The topological polar surface area (TPSA) is 34.1 Å². The fraction of sp³-hybridized carbons (Fsp3) is 1.00. The van der Waals surface area contributed by atoms with Crippen molar-refractivity contribution in [2.24, 2.45) is 0 Å². The summed E-state index contributed by atoms with van der Waals surface area (Å²) in [5, 5.41) is 0. The van der Waals surface area contributed by atoms with Gasteiger partial charge in [-0.3, -0.25) is 0 Å². The predicted molar refractivity (Wildman–Crippen MR) is 24.0 cm³/mol. The Morgan fingerprint density at radius 3 is 1.17 bits per heavy atom. The summed E-state index contributed by atoms with van der Waals surface area (Å²) in [6.45, 7) is 0. The molecule has 1 rings (SSSR count). The quantitative estimate of drug-likeness (QED) is 0.336. The molecule has 0 heterocycles. The lowest BCUT2D eigenvalue weighted by atomic mass is 11.0. The maximum Gasteiger partial charge on any atom is -0.0533 e. The normalized spacial score (nSPS) is 14.7. The standard InChI is InChI=1S/C3H6.HO2S/c1-2-3-1;1-3-2/h1-3H2;3H/q;-1. The van der Waals surface area contributed by atoms with Gasteiger partial charge in [0.2, 0.25) is 0 Å². The summed E-state index contributed by atoms with van der Waals surface area (Å²) in [5.74, 6) is 0. The van der Waals surface area contributed by atoms with E-state index in [2.05, 4.69) is 0 Å². The molecule has 3 heteroatoms. The van der Waals surface area contributed by atoms with Gasteiger partial charge >= 0.3 is 0 Å². The molecule has 0 aromatic carbocycles. The van der Waals surface area contributed by atoms with Crippen LogP contribution >= 0.6 is 0 Å². The van der Waals surface area contributed by atoms with Gasteiger partial charge in [-0.25, -0.2) is 0 Å². The zero-order valence-corrected chi connectivity index (χ0v) is 4.28. The molecule has 38 valence electrons. The largest absolute Gasteiger partial charge is 0.427 e. The van der Waals surface area contributed by atoms with Crippen molar-refractivity contribution in [3.63, 3.8) is 0 Å². The second-order valence-electron chi connectivity index (χ2n) is 1.14. The number of thiol groups is 1. The maximum absolute atomic E-state index is 8.35. The summed E-state index contributed by atoms with van der Waals surface area (Å²) in [6, 6.07) is 0. The van der Waals surface area contributed by atoms with Gasteiger partial charge in [-0.2, -0.15) is 0 Å². The molecular weight excluding hydrogens is 100 g/mol. The molecule has 1 fully saturated rings. The molecule has 0 aromatic rings. The van der Waals surface area contributed by atoms with Crippen molar-refractivity contribution in [1.29, 1.82) is 0 Å². The zero-order valence-electron chi connectivity index (χ0n) is 3.39. The molecule has 0 bridgehead atoms. The second-order valence-corrected chi connectivity index (χ2v) is 1.28. The third kappa shape index (κ3) is 38.1.